The highest BCUT2D eigenvalue weighted by atomic mass is 32.2. The molecular formula is C10H18N4O4S2. The number of nitrogens with zero attached hydrogens (tertiary/aromatic N) is 1. The molecule has 8 nitrogen and oxygen atoms in total. The zero-order valence-corrected chi connectivity index (χ0v) is 12.9. The maximum absolute atomic E-state index is 12.4. The number of sulfone groups is 1. The van der Waals surface area contributed by atoms with Gasteiger partial charge in [-0.2, -0.15) is 5.10 Å². The zero-order valence-electron chi connectivity index (χ0n) is 11.3. The lowest BCUT2D eigenvalue weighted by molar-refractivity contribution is 0.560. The number of aryl methyl sites for hydroxylation is 1. The Morgan fingerprint density at radius 1 is 1.45 bits per heavy atom. The van der Waals surface area contributed by atoms with Gasteiger partial charge in [-0.1, -0.05) is 0 Å². The summed E-state index contributed by atoms with van der Waals surface area (Å²) in [6.45, 7) is 1.93. The number of hydrogen-bond acceptors (Lipinski definition) is 6. The molecule has 114 valence electrons. The molecule has 1 unspecified atom stereocenters. The standard InChI is InChI=1S/C10H18N4O4S2/c1-7-10(9(5-11-2)13-12-7)20(17,18)14-8-3-4-19(15,16)6-8/h8,11,14H,3-6H2,1-2H3,(H,12,13). The van der Waals surface area contributed by atoms with E-state index in [9.17, 15) is 16.8 Å². The van der Waals surface area contributed by atoms with Crippen LogP contribution in [0.2, 0.25) is 0 Å². The predicted molar refractivity (Wildman–Crippen MR) is 73.5 cm³/mol. The summed E-state index contributed by atoms with van der Waals surface area (Å²) in [7, 11) is -5.22. The van der Waals surface area contributed by atoms with E-state index < -0.39 is 25.9 Å². The van der Waals surface area contributed by atoms with E-state index in [1.54, 1.807) is 14.0 Å². The molecule has 0 radical (unpaired) electrons. The van der Waals surface area contributed by atoms with Gasteiger partial charge in [-0.05, 0) is 20.4 Å². The summed E-state index contributed by atoms with van der Waals surface area (Å²) in [6.07, 6.45) is 0.305. The predicted octanol–water partition coefficient (Wildman–Crippen LogP) is -1.10. The third-order valence-corrected chi connectivity index (χ3v) is 6.62. The quantitative estimate of drug-likeness (QED) is 0.633. The molecule has 1 atom stereocenters. The van der Waals surface area contributed by atoms with Crippen molar-refractivity contribution in [3.05, 3.63) is 11.4 Å². The van der Waals surface area contributed by atoms with Crippen LogP contribution < -0.4 is 10.0 Å². The molecular weight excluding hydrogens is 304 g/mol. The number of rotatable bonds is 5. The van der Waals surface area contributed by atoms with E-state index in [2.05, 4.69) is 20.2 Å². The molecule has 0 aliphatic carbocycles. The smallest absolute Gasteiger partial charge is 0.244 e. The summed E-state index contributed by atoms with van der Waals surface area (Å²) in [5, 5.41) is 9.44. The first-order valence-corrected chi connectivity index (χ1v) is 9.47. The minimum Gasteiger partial charge on any atom is -0.314 e. The molecule has 1 aliphatic rings. The van der Waals surface area contributed by atoms with Crippen LogP contribution in [0.25, 0.3) is 0 Å². The molecule has 0 spiro atoms. The van der Waals surface area contributed by atoms with Gasteiger partial charge in [0.1, 0.15) is 4.90 Å². The van der Waals surface area contributed by atoms with Gasteiger partial charge in [0.2, 0.25) is 10.0 Å². The lowest BCUT2D eigenvalue weighted by Crippen LogP contribution is -2.36. The molecule has 0 amide bonds. The summed E-state index contributed by atoms with van der Waals surface area (Å²) in [6, 6.07) is -0.568. The first kappa shape index (κ1) is 15.4. The molecule has 20 heavy (non-hydrogen) atoms. The van der Waals surface area contributed by atoms with E-state index in [0.29, 0.717) is 24.4 Å². The summed E-state index contributed by atoms with van der Waals surface area (Å²) in [5.41, 5.74) is 0.821. The third-order valence-electron chi connectivity index (χ3n) is 3.13. The monoisotopic (exact) mass is 322 g/mol. The number of aromatic amines is 1. The van der Waals surface area contributed by atoms with E-state index in [1.165, 1.54) is 0 Å². The molecule has 2 rings (SSSR count). The van der Waals surface area contributed by atoms with Crippen LogP contribution in [0.5, 0.6) is 0 Å². The molecule has 3 N–H and O–H groups in total. The summed E-state index contributed by atoms with van der Waals surface area (Å²) < 4.78 is 50.0. The Hall–Kier alpha value is -0.970. The molecule has 1 fully saturated rings. The fourth-order valence-electron chi connectivity index (χ4n) is 2.28. The lowest BCUT2D eigenvalue weighted by atomic mass is 10.3. The Morgan fingerprint density at radius 2 is 2.15 bits per heavy atom. The van der Waals surface area contributed by atoms with Crippen LogP contribution in [0.15, 0.2) is 4.90 Å². The molecule has 1 saturated heterocycles. The van der Waals surface area contributed by atoms with Crippen molar-refractivity contribution in [3.8, 4) is 0 Å². The van der Waals surface area contributed by atoms with Gasteiger partial charge < -0.3 is 5.32 Å². The molecule has 1 aromatic rings. The van der Waals surface area contributed by atoms with Crippen molar-refractivity contribution in [2.75, 3.05) is 18.6 Å². The molecule has 0 saturated carbocycles. The lowest BCUT2D eigenvalue weighted by Gasteiger charge is -2.12. The average molecular weight is 322 g/mol. The van der Waals surface area contributed by atoms with Gasteiger partial charge in [0.15, 0.2) is 9.84 Å². The topological polar surface area (TPSA) is 121 Å². The van der Waals surface area contributed by atoms with Gasteiger partial charge in [-0.15, -0.1) is 0 Å². The minimum atomic E-state index is -3.78. The van der Waals surface area contributed by atoms with Crippen molar-refractivity contribution >= 4 is 19.9 Å². The highest BCUT2D eigenvalue weighted by Gasteiger charge is 2.33. The van der Waals surface area contributed by atoms with Gasteiger partial charge in [-0.25, -0.2) is 21.6 Å². The Labute approximate surface area is 118 Å². The molecule has 0 bridgehead atoms. The van der Waals surface area contributed by atoms with Gasteiger partial charge in [0.25, 0.3) is 0 Å². The maximum atomic E-state index is 12.4. The van der Waals surface area contributed by atoms with Crippen molar-refractivity contribution in [2.24, 2.45) is 0 Å². The molecule has 1 aliphatic heterocycles. The molecule has 10 heteroatoms. The van der Waals surface area contributed by atoms with Crippen LogP contribution in [-0.4, -0.2) is 51.6 Å². The molecule has 0 aromatic carbocycles. The first-order chi connectivity index (χ1) is 9.25. The third kappa shape index (κ3) is 3.19. The Morgan fingerprint density at radius 3 is 2.70 bits per heavy atom. The largest absolute Gasteiger partial charge is 0.314 e. The van der Waals surface area contributed by atoms with Crippen molar-refractivity contribution in [2.45, 2.75) is 30.8 Å². The zero-order chi connectivity index (χ0) is 15.0. The van der Waals surface area contributed by atoms with E-state index in [1.807, 2.05) is 0 Å². The van der Waals surface area contributed by atoms with E-state index in [4.69, 9.17) is 0 Å². The van der Waals surface area contributed by atoms with Crippen LogP contribution in [0.3, 0.4) is 0 Å². The van der Waals surface area contributed by atoms with Crippen molar-refractivity contribution in [1.29, 1.82) is 0 Å². The normalized spacial score (nSPS) is 22.2. The second-order valence-electron chi connectivity index (χ2n) is 4.88. The Kier molecular flexibility index (Phi) is 4.19. The SMILES string of the molecule is CNCc1n[nH]c(C)c1S(=O)(=O)NC1CCS(=O)(=O)C1. The van der Waals surface area contributed by atoms with Gasteiger partial charge in [0, 0.05) is 12.6 Å². The Balaban J connectivity index is 2.25. The highest BCUT2D eigenvalue weighted by Crippen LogP contribution is 2.20. The highest BCUT2D eigenvalue weighted by molar-refractivity contribution is 7.92. The van der Waals surface area contributed by atoms with Crippen molar-refractivity contribution in [3.63, 3.8) is 0 Å². The number of sulfonamides is 1. The Bertz CT molecular complexity index is 693. The first-order valence-electron chi connectivity index (χ1n) is 6.16. The minimum absolute atomic E-state index is 0.0218. The van der Waals surface area contributed by atoms with E-state index in [-0.39, 0.29) is 16.4 Å². The number of hydrogen-bond donors (Lipinski definition) is 3. The van der Waals surface area contributed by atoms with Crippen LogP contribution in [0, 0.1) is 6.92 Å². The number of H-pyrrole nitrogens is 1. The second-order valence-corrected chi connectivity index (χ2v) is 8.76. The van der Waals surface area contributed by atoms with Gasteiger partial charge in [-0.3, -0.25) is 5.10 Å². The molecule has 2 heterocycles. The average Bonchev–Trinajstić information content (AvgIpc) is 2.82. The van der Waals surface area contributed by atoms with Crippen LogP contribution >= 0.6 is 0 Å². The second kappa shape index (κ2) is 5.43. The summed E-state index contributed by atoms with van der Waals surface area (Å²) in [4.78, 5) is 0.0937. The van der Waals surface area contributed by atoms with Crippen molar-refractivity contribution in [1.82, 2.24) is 20.2 Å². The number of aromatic nitrogens is 2. The fraction of sp³-hybridized carbons (Fsp3) is 0.700. The number of nitrogens with one attached hydrogen (secondary N) is 3. The van der Waals surface area contributed by atoms with Crippen LogP contribution in [0.4, 0.5) is 0 Å². The van der Waals surface area contributed by atoms with Crippen molar-refractivity contribution < 1.29 is 16.8 Å². The summed E-state index contributed by atoms with van der Waals surface area (Å²) in [5.74, 6) is -0.127. The van der Waals surface area contributed by atoms with Gasteiger partial charge in [0.05, 0.1) is 22.9 Å². The summed E-state index contributed by atoms with van der Waals surface area (Å²) >= 11 is 0. The van der Waals surface area contributed by atoms with E-state index >= 15 is 0 Å². The maximum Gasteiger partial charge on any atom is 0.244 e. The molecule has 1 aromatic heterocycles. The fourth-order valence-corrected chi connectivity index (χ4v) is 5.69. The van der Waals surface area contributed by atoms with Crippen LogP contribution in [0.1, 0.15) is 17.8 Å². The van der Waals surface area contributed by atoms with Gasteiger partial charge >= 0.3 is 0 Å². The van der Waals surface area contributed by atoms with E-state index in [0.717, 1.165) is 0 Å². The van der Waals surface area contributed by atoms with Crippen LogP contribution in [-0.2, 0) is 26.4 Å².